The SMILES string of the molecule is Cc1ccccc1N1C2=CCC(c3ccc4c(c3)c3cc(-c5ccc(N(c6ccccc6C)c6ccccc6C)cc5)ccc3n4-c3ccc(-c4c5ccccc5c(-c5ccccc5)c5ccccc45)cc3)C=C2Cc2ccccc21. The molecule has 386 valence electrons. The molecule has 1 atom stereocenters. The van der Waals surface area contributed by atoms with E-state index in [1.54, 1.807) is 0 Å². The van der Waals surface area contributed by atoms with Crippen LogP contribution in [-0.4, -0.2) is 4.57 Å². The van der Waals surface area contributed by atoms with Gasteiger partial charge in [0, 0.05) is 62.9 Å². The quantitative estimate of drug-likeness (QED) is 0.134. The average Bonchev–Trinajstić information content (AvgIpc) is 3.91. The van der Waals surface area contributed by atoms with Crippen LogP contribution in [0.3, 0.4) is 0 Å². The molecule has 81 heavy (non-hydrogen) atoms. The van der Waals surface area contributed by atoms with Crippen molar-refractivity contribution in [3.05, 3.63) is 312 Å². The van der Waals surface area contributed by atoms with Crippen LogP contribution in [0.25, 0.3) is 82.4 Å². The molecule has 13 aromatic rings. The third-order valence-electron chi connectivity index (χ3n) is 17.3. The summed E-state index contributed by atoms with van der Waals surface area (Å²) in [6.45, 7) is 6.62. The van der Waals surface area contributed by atoms with Crippen molar-refractivity contribution in [3.8, 4) is 39.1 Å². The van der Waals surface area contributed by atoms with Gasteiger partial charge in [0.15, 0.2) is 0 Å². The number of rotatable bonds is 9. The zero-order valence-corrected chi connectivity index (χ0v) is 45.8. The Kier molecular flexibility index (Phi) is 11.7. The van der Waals surface area contributed by atoms with Crippen molar-refractivity contribution in [2.45, 2.75) is 39.5 Å². The van der Waals surface area contributed by atoms with Gasteiger partial charge in [0.1, 0.15) is 0 Å². The van der Waals surface area contributed by atoms with Crippen molar-refractivity contribution in [2.75, 3.05) is 9.80 Å². The predicted octanol–water partition coefficient (Wildman–Crippen LogP) is 21.2. The normalized spacial score (nSPS) is 14.0. The number of benzene rings is 12. The highest BCUT2D eigenvalue weighted by molar-refractivity contribution is 6.21. The molecule has 1 aliphatic heterocycles. The summed E-state index contributed by atoms with van der Waals surface area (Å²) in [7, 11) is 0. The molecule has 12 aromatic carbocycles. The maximum Gasteiger partial charge on any atom is 0.0541 e. The lowest BCUT2D eigenvalue weighted by atomic mass is 9.82. The number of para-hydroxylation sites is 4. The fourth-order valence-electron chi connectivity index (χ4n) is 13.4. The van der Waals surface area contributed by atoms with Gasteiger partial charge in [0.05, 0.1) is 11.0 Å². The second kappa shape index (κ2) is 19.7. The molecule has 1 aliphatic carbocycles. The first-order chi connectivity index (χ1) is 39.9. The smallest absolute Gasteiger partial charge is 0.0541 e. The Morgan fingerprint density at radius 3 is 1.53 bits per heavy atom. The van der Waals surface area contributed by atoms with Gasteiger partial charge in [-0.05, 0) is 188 Å². The Balaban J connectivity index is 0.860. The lowest BCUT2D eigenvalue weighted by molar-refractivity contribution is 0.808. The lowest BCUT2D eigenvalue weighted by Gasteiger charge is -2.38. The second-order valence-corrected chi connectivity index (χ2v) is 22.1. The van der Waals surface area contributed by atoms with Crippen molar-refractivity contribution in [3.63, 3.8) is 0 Å². The van der Waals surface area contributed by atoms with Crippen molar-refractivity contribution < 1.29 is 0 Å². The molecule has 0 saturated heterocycles. The van der Waals surface area contributed by atoms with Crippen LogP contribution < -0.4 is 9.80 Å². The number of hydrogen-bond donors (Lipinski definition) is 0. The zero-order chi connectivity index (χ0) is 54.1. The minimum absolute atomic E-state index is 0.230. The molecule has 0 spiro atoms. The molecule has 15 rings (SSSR count). The molecule has 2 aliphatic rings. The third kappa shape index (κ3) is 8.18. The molecule has 1 aromatic heterocycles. The summed E-state index contributed by atoms with van der Waals surface area (Å²) < 4.78 is 2.48. The van der Waals surface area contributed by atoms with Gasteiger partial charge < -0.3 is 14.4 Å². The van der Waals surface area contributed by atoms with E-state index < -0.39 is 0 Å². The lowest BCUT2D eigenvalue weighted by Crippen LogP contribution is -2.27. The number of fused-ring (bicyclic) bond motifs is 7. The highest BCUT2D eigenvalue weighted by Gasteiger charge is 2.31. The minimum atomic E-state index is 0.230. The van der Waals surface area contributed by atoms with Crippen molar-refractivity contribution in [1.82, 2.24) is 4.57 Å². The summed E-state index contributed by atoms with van der Waals surface area (Å²) in [4.78, 5) is 4.90. The van der Waals surface area contributed by atoms with E-state index in [0.717, 1.165) is 24.2 Å². The molecule has 1 unspecified atom stereocenters. The number of nitrogens with zero attached hydrogens (tertiary/aromatic N) is 3. The van der Waals surface area contributed by atoms with E-state index >= 15 is 0 Å². The fraction of sp³-hybridized carbons (Fsp3) is 0.0769. The number of aryl methyl sites for hydroxylation is 3. The van der Waals surface area contributed by atoms with Crippen molar-refractivity contribution in [1.29, 1.82) is 0 Å². The predicted molar refractivity (Wildman–Crippen MR) is 343 cm³/mol. The number of anilines is 5. The summed E-state index contributed by atoms with van der Waals surface area (Å²) in [6, 6.07) is 96.7. The van der Waals surface area contributed by atoms with Crippen LogP contribution in [0.15, 0.2) is 284 Å². The molecule has 0 N–H and O–H groups in total. The Morgan fingerprint density at radius 2 is 0.901 bits per heavy atom. The summed E-state index contributed by atoms with van der Waals surface area (Å²) >= 11 is 0. The first-order valence-corrected chi connectivity index (χ1v) is 28.5. The Labute approximate surface area is 474 Å². The first kappa shape index (κ1) is 48.2. The molecule has 0 bridgehead atoms. The van der Waals surface area contributed by atoms with Gasteiger partial charge in [0.25, 0.3) is 0 Å². The summed E-state index contributed by atoms with van der Waals surface area (Å²) in [5.41, 5.74) is 26.0. The summed E-state index contributed by atoms with van der Waals surface area (Å²) in [5.74, 6) is 0.230. The topological polar surface area (TPSA) is 11.4 Å². The molecule has 0 amide bonds. The molecule has 2 heterocycles. The summed E-state index contributed by atoms with van der Waals surface area (Å²) in [5, 5.41) is 7.53. The molecule has 0 saturated carbocycles. The Hall–Kier alpha value is -9.96. The number of allylic oxidation sites excluding steroid dienone is 3. The maximum absolute atomic E-state index is 2.57. The van der Waals surface area contributed by atoms with Gasteiger partial charge in [-0.15, -0.1) is 0 Å². The Morgan fingerprint density at radius 1 is 0.395 bits per heavy atom. The maximum atomic E-state index is 2.57. The van der Waals surface area contributed by atoms with Gasteiger partial charge >= 0.3 is 0 Å². The van der Waals surface area contributed by atoms with Crippen molar-refractivity contribution in [2.24, 2.45) is 0 Å². The van der Waals surface area contributed by atoms with Crippen LogP contribution in [0.4, 0.5) is 28.4 Å². The van der Waals surface area contributed by atoms with E-state index in [0.29, 0.717) is 0 Å². The van der Waals surface area contributed by atoms with Crippen LogP contribution in [0.5, 0.6) is 0 Å². The van der Waals surface area contributed by atoms with Gasteiger partial charge in [-0.25, -0.2) is 0 Å². The Bertz CT molecular complexity index is 4570. The highest BCUT2D eigenvalue weighted by atomic mass is 15.2. The van der Waals surface area contributed by atoms with Gasteiger partial charge in [-0.2, -0.15) is 0 Å². The largest absolute Gasteiger partial charge is 0.310 e. The van der Waals surface area contributed by atoms with E-state index in [9.17, 15) is 0 Å². The van der Waals surface area contributed by atoms with Gasteiger partial charge in [-0.1, -0.05) is 200 Å². The van der Waals surface area contributed by atoms with Crippen LogP contribution >= 0.6 is 0 Å². The molecule has 0 fully saturated rings. The van der Waals surface area contributed by atoms with Crippen LogP contribution in [0.1, 0.15) is 40.2 Å². The van der Waals surface area contributed by atoms with E-state index in [2.05, 4.69) is 308 Å². The molecule has 3 nitrogen and oxygen atoms in total. The minimum Gasteiger partial charge on any atom is -0.310 e. The average molecular weight is 1040 g/mol. The molecular formula is C78H59N3. The zero-order valence-electron chi connectivity index (χ0n) is 45.8. The van der Waals surface area contributed by atoms with Crippen LogP contribution in [0, 0.1) is 20.8 Å². The van der Waals surface area contributed by atoms with E-state index in [1.807, 2.05) is 0 Å². The van der Waals surface area contributed by atoms with Crippen LogP contribution in [0.2, 0.25) is 0 Å². The molecule has 0 radical (unpaired) electrons. The third-order valence-corrected chi connectivity index (χ3v) is 17.3. The van der Waals surface area contributed by atoms with Crippen molar-refractivity contribution >= 4 is 71.8 Å². The van der Waals surface area contributed by atoms with E-state index in [-0.39, 0.29) is 5.92 Å². The fourth-order valence-corrected chi connectivity index (χ4v) is 13.4. The van der Waals surface area contributed by atoms with Gasteiger partial charge in [-0.3, -0.25) is 0 Å². The standard InChI is InChI=1S/C78H59N3/c1-51-19-7-15-29-70(51)79(71-30-16-8-20-52(71)2)62-40-33-54(34-41-62)58-38-45-75-68(49-58)69-50-59(57-37-44-74-61(47-57)48-60-24-10-18-32-73(60)81(74)72-31-17-9-21-53(72)3)39-46-76(69)80(75)63-42-35-56(36-43-63)78-66-27-13-11-25-64(66)77(55-22-5-4-6-23-55)65-26-12-14-28-67(65)78/h4-36,38-47,49-50,57H,37,48H2,1-3H3. The van der Waals surface area contributed by atoms with E-state index in [4.69, 9.17) is 0 Å². The molecular weight excluding hydrogens is 979 g/mol. The van der Waals surface area contributed by atoms with Gasteiger partial charge in [0.2, 0.25) is 0 Å². The highest BCUT2D eigenvalue weighted by Crippen LogP contribution is 2.48. The second-order valence-electron chi connectivity index (χ2n) is 22.1. The van der Waals surface area contributed by atoms with Crippen LogP contribution in [-0.2, 0) is 6.42 Å². The summed E-state index contributed by atoms with van der Waals surface area (Å²) in [6.07, 6.45) is 6.90. The molecule has 3 heteroatoms. The number of aromatic nitrogens is 1. The first-order valence-electron chi connectivity index (χ1n) is 28.5. The monoisotopic (exact) mass is 1040 g/mol. The number of hydrogen-bond acceptors (Lipinski definition) is 2. The van der Waals surface area contributed by atoms with E-state index in [1.165, 1.54) is 139 Å².